The second kappa shape index (κ2) is 10.4. The number of hydrogen-bond acceptors (Lipinski definition) is 6. The quantitative estimate of drug-likeness (QED) is 0.369. The Morgan fingerprint density at radius 1 is 1.23 bits per heavy atom. The molecular formula is C16H23NO5. The van der Waals surface area contributed by atoms with E-state index >= 15 is 0 Å². The summed E-state index contributed by atoms with van der Waals surface area (Å²) in [4.78, 5) is 23.2. The minimum atomic E-state index is -1.63. The summed E-state index contributed by atoms with van der Waals surface area (Å²) in [7, 11) is 0. The van der Waals surface area contributed by atoms with Crippen LogP contribution in [0.4, 0.5) is 4.79 Å². The lowest BCUT2D eigenvalue weighted by atomic mass is 9.95. The van der Waals surface area contributed by atoms with Crippen molar-refractivity contribution in [3.63, 3.8) is 0 Å². The third-order valence-corrected chi connectivity index (χ3v) is 2.60. The van der Waals surface area contributed by atoms with Crippen molar-refractivity contribution < 1.29 is 23.8 Å². The average Bonchev–Trinajstić information content (AvgIpc) is 2.47. The summed E-state index contributed by atoms with van der Waals surface area (Å²) in [5.74, 6) is -0.626. The van der Waals surface area contributed by atoms with Crippen LogP contribution in [0.2, 0.25) is 0 Å². The second-order valence-electron chi connectivity index (χ2n) is 4.48. The van der Waals surface area contributed by atoms with E-state index in [4.69, 9.17) is 14.2 Å². The Labute approximate surface area is 131 Å². The van der Waals surface area contributed by atoms with Crippen molar-refractivity contribution in [2.75, 3.05) is 13.2 Å². The number of carbonyl (C=O) groups excluding carboxylic acids is 2. The molecule has 0 bridgehead atoms. The molecule has 0 rings (SSSR count). The molecule has 1 atom stereocenters. The van der Waals surface area contributed by atoms with E-state index in [0.717, 1.165) is 6.42 Å². The number of allylic oxidation sites excluding steroid dienone is 1. The summed E-state index contributed by atoms with van der Waals surface area (Å²) < 4.78 is 14.6. The van der Waals surface area contributed by atoms with E-state index < -0.39 is 17.7 Å². The highest BCUT2D eigenvalue weighted by molar-refractivity contribution is 5.88. The third kappa shape index (κ3) is 6.93. The summed E-state index contributed by atoms with van der Waals surface area (Å²) in [6.45, 7) is 9.18. The van der Waals surface area contributed by atoms with Gasteiger partial charge in [0.1, 0.15) is 6.07 Å². The van der Waals surface area contributed by atoms with Crippen molar-refractivity contribution >= 4 is 12.1 Å². The van der Waals surface area contributed by atoms with E-state index in [0.29, 0.717) is 6.42 Å². The minimum absolute atomic E-state index is 0.0499. The highest BCUT2D eigenvalue weighted by Gasteiger charge is 2.35. The molecule has 0 aliphatic carbocycles. The Morgan fingerprint density at radius 2 is 1.86 bits per heavy atom. The molecule has 0 fully saturated rings. The standard InChI is InChI=1S/C16H23NO5/c1-5-8-9-10-16(12-17,22-15(19)21-7-3)11-13(4)14(18)20-6-2/h9-10H,4-8,11H2,1-3H3/b10-9-. The van der Waals surface area contributed by atoms with E-state index in [2.05, 4.69) is 6.58 Å². The van der Waals surface area contributed by atoms with Gasteiger partial charge in [-0.3, -0.25) is 0 Å². The molecule has 122 valence electrons. The number of ether oxygens (including phenoxy) is 3. The van der Waals surface area contributed by atoms with E-state index in [1.165, 1.54) is 6.08 Å². The third-order valence-electron chi connectivity index (χ3n) is 2.60. The maximum absolute atomic E-state index is 11.7. The van der Waals surface area contributed by atoms with Crippen LogP contribution in [-0.2, 0) is 19.0 Å². The Morgan fingerprint density at radius 3 is 2.36 bits per heavy atom. The smallest absolute Gasteiger partial charge is 0.463 e. The first-order valence-corrected chi connectivity index (χ1v) is 7.24. The first-order valence-electron chi connectivity index (χ1n) is 7.24. The molecule has 0 saturated heterocycles. The van der Waals surface area contributed by atoms with Crippen molar-refractivity contribution in [1.82, 2.24) is 0 Å². The van der Waals surface area contributed by atoms with Crippen LogP contribution in [0.25, 0.3) is 0 Å². The Balaban J connectivity index is 5.20. The van der Waals surface area contributed by atoms with Crippen LogP contribution in [0.3, 0.4) is 0 Å². The first-order chi connectivity index (χ1) is 10.4. The van der Waals surface area contributed by atoms with Crippen LogP contribution in [0.15, 0.2) is 24.3 Å². The minimum Gasteiger partial charge on any atom is -0.463 e. The molecule has 0 aliphatic rings. The van der Waals surface area contributed by atoms with Crippen molar-refractivity contribution in [2.24, 2.45) is 0 Å². The molecule has 0 spiro atoms. The summed E-state index contributed by atoms with van der Waals surface area (Å²) in [6.07, 6.45) is 3.61. The van der Waals surface area contributed by atoms with E-state index in [1.54, 1.807) is 19.9 Å². The number of nitriles is 1. The topological polar surface area (TPSA) is 85.6 Å². The van der Waals surface area contributed by atoms with Gasteiger partial charge in [0.05, 0.1) is 13.2 Å². The van der Waals surface area contributed by atoms with Gasteiger partial charge in [0.2, 0.25) is 5.60 Å². The normalized spacial score (nSPS) is 13.0. The monoisotopic (exact) mass is 309 g/mol. The number of unbranched alkanes of at least 4 members (excludes halogenated alkanes) is 1. The lowest BCUT2D eigenvalue weighted by Crippen LogP contribution is -2.33. The number of hydrogen-bond donors (Lipinski definition) is 0. The maximum Gasteiger partial charge on any atom is 0.510 e. The van der Waals surface area contributed by atoms with E-state index in [9.17, 15) is 14.9 Å². The molecule has 0 heterocycles. The molecule has 0 aromatic carbocycles. The van der Waals surface area contributed by atoms with Gasteiger partial charge in [0.15, 0.2) is 0 Å². The van der Waals surface area contributed by atoms with Crippen LogP contribution in [0, 0.1) is 11.3 Å². The Hall–Kier alpha value is -2.29. The maximum atomic E-state index is 11.7. The molecule has 0 saturated carbocycles. The van der Waals surface area contributed by atoms with Crippen molar-refractivity contribution in [3.05, 3.63) is 24.3 Å². The number of nitrogens with zero attached hydrogens (tertiary/aromatic N) is 1. The summed E-state index contributed by atoms with van der Waals surface area (Å²) in [5, 5.41) is 9.43. The van der Waals surface area contributed by atoms with Gasteiger partial charge in [-0.2, -0.15) is 5.26 Å². The van der Waals surface area contributed by atoms with Gasteiger partial charge >= 0.3 is 12.1 Å². The lowest BCUT2D eigenvalue weighted by Gasteiger charge is -2.23. The highest BCUT2D eigenvalue weighted by Crippen LogP contribution is 2.24. The van der Waals surface area contributed by atoms with Crippen LogP contribution < -0.4 is 0 Å². The van der Waals surface area contributed by atoms with Gasteiger partial charge < -0.3 is 14.2 Å². The fourth-order valence-electron chi connectivity index (χ4n) is 1.59. The van der Waals surface area contributed by atoms with Gasteiger partial charge in [0.25, 0.3) is 0 Å². The molecular weight excluding hydrogens is 286 g/mol. The molecule has 0 amide bonds. The van der Waals surface area contributed by atoms with Gasteiger partial charge in [-0.05, 0) is 26.3 Å². The van der Waals surface area contributed by atoms with Crippen LogP contribution >= 0.6 is 0 Å². The van der Waals surface area contributed by atoms with Gasteiger partial charge in [0, 0.05) is 12.0 Å². The fourth-order valence-corrected chi connectivity index (χ4v) is 1.59. The molecule has 0 aliphatic heterocycles. The van der Waals surface area contributed by atoms with Crippen LogP contribution in [0.5, 0.6) is 0 Å². The largest absolute Gasteiger partial charge is 0.510 e. The molecule has 6 heteroatoms. The lowest BCUT2D eigenvalue weighted by molar-refractivity contribution is -0.139. The van der Waals surface area contributed by atoms with Gasteiger partial charge in [-0.25, -0.2) is 9.59 Å². The highest BCUT2D eigenvalue weighted by atomic mass is 16.7. The first kappa shape index (κ1) is 19.7. The zero-order valence-corrected chi connectivity index (χ0v) is 13.4. The average molecular weight is 309 g/mol. The molecule has 22 heavy (non-hydrogen) atoms. The summed E-state index contributed by atoms with van der Waals surface area (Å²) in [6, 6.07) is 1.91. The molecule has 1 unspecified atom stereocenters. The second-order valence-corrected chi connectivity index (χ2v) is 4.48. The Kier molecular flexibility index (Phi) is 9.35. The van der Waals surface area contributed by atoms with E-state index in [1.807, 2.05) is 13.0 Å². The van der Waals surface area contributed by atoms with Crippen LogP contribution in [-0.4, -0.2) is 30.9 Å². The zero-order chi connectivity index (χ0) is 17.0. The zero-order valence-electron chi connectivity index (χ0n) is 13.4. The van der Waals surface area contributed by atoms with Gasteiger partial charge in [-0.15, -0.1) is 0 Å². The fraction of sp³-hybridized carbons (Fsp3) is 0.562. The van der Waals surface area contributed by atoms with Gasteiger partial charge in [-0.1, -0.05) is 26.0 Å². The SMILES string of the molecule is C=C(CC(C#N)(/C=C\CCC)OC(=O)OCC)C(=O)OCC. The molecule has 0 aromatic heterocycles. The molecule has 0 N–H and O–H groups in total. The van der Waals surface area contributed by atoms with E-state index in [-0.39, 0.29) is 25.2 Å². The Bertz CT molecular complexity index is 464. The number of rotatable bonds is 9. The number of carbonyl (C=O) groups is 2. The molecule has 6 nitrogen and oxygen atoms in total. The molecule has 0 aromatic rings. The predicted octanol–water partition coefficient (Wildman–Crippen LogP) is 3.29. The molecule has 0 radical (unpaired) electrons. The summed E-state index contributed by atoms with van der Waals surface area (Å²) >= 11 is 0. The van der Waals surface area contributed by atoms with Crippen molar-refractivity contribution in [2.45, 2.75) is 45.6 Å². The van der Waals surface area contributed by atoms with Crippen LogP contribution in [0.1, 0.15) is 40.0 Å². The van der Waals surface area contributed by atoms with Crippen molar-refractivity contribution in [3.8, 4) is 6.07 Å². The predicted molar refractivity (Wildman–Crippen MR) is 80.9 cm³/mol. The summed E-state index contributed by atoms with van der Waals surface area (Å²) in [5.41, 5.74) is -1.58. The van der Waals surface area contributed by atoms with Crippen molar-refractivity contribution in [1.29, 1.82) is 5.26 Å². The number of esters is 1.